The van der Waals surface area contributed by atoms with Crippen molar-refractivity contribution in [2.75, 3.05) is 0 Å². The van der Waals surface area contributed by atoms with E-state index < -0.39 is 11.1 Å². The van der Waals surface area contributed by atoms with Gasteiger partial charge in [0.1, 0.15) is 6.20 Å². The van der Waals surface area contributed by atoms with Crippen LogP contribution in [0.15, 0.2) is 17.7 Å². The van der Waals surface area contributed by atoms with Gasteiger partial charge >= 0.3 is 0 Å². The number of aromatic amines is 2. The van der Waals surface area contributed by atoms with Crippen molar-refractivity contribution in [1.82, 2.24) is 15.0 Å². The van der Waals surface area contributed by atoms with Gasteiger partial charge in [-0.05, 0) is 4.98 Å². The van der Waals surface area contributed by atoms with Crippen LogP contribution >= 0.6 is 0 Å². The maximum absolute atomic E-state index is 10.4. The largest absolute Gasteiger partial charge is 0.766 e. The van der Waals surface area contributed by atoms with Gasteiger partial charge < -0.3 is 9.54 Å². The van der Waals surface area contributed by atoms with Gasteiger partial charge in [0.25, 0.3) is 12.0 Å². The van der Waals surface area contributed by atoms with Crippen LogP contribution in [0.4, 0.5) is 0 Å². The first-order valence-electron chi connectivity index (χ1n) is 3.08. The molecular formula is C5H4N4O2S. The summed E-state index contributed by atoms with van der Waals surface area (Å²) in [7, 11) is 0. The first-order chi connectivity index (χ1) is 5.77. The zero-order valence-electron chi connectivity index (χ0n) is 5.77. The molecule has 1 unspecified atom stereocenters. The monoisotopic (exact) mass is 184 g/mol. The summed E-state index contributed by atoms with van der Waals surface area (Å²) in [5.41, 5.74) is 0.949. The van der Waals surface area contributed by atoms with Gasteiger partial charge in [-0.25, -0.2) is 4.98 Å². The van der Waals surface area contributed by atoms with Crippen LogP contribution in [-0.4, -0.2) is 23.7 Å². The second-order valence-corrected chi connectivity index (χ2v) is 2.94. The highest BCUT2D eigenvalue weighted by Gasteiger charge is 2.07. The van der Waals surface area contributed by atoms with Gasteiger partial charge in [-0.3, -0.25) is 4.21 Å². The molecule has 0 saturated carbocycles. The second-order valence-electron chi connectivity index (χ2n) is 2.08. The molecular weight excluding hydrogens is 180 g/mol. The van der Waals surface area contributed by atoms with Crippen LogP contribution in [0.5, 0.6) is 0 Å². The predicted octanol–water partition coefficient (Wildman–Crippen LogP) is -0.990. The minimum Gasteiger partial charge on any atom is -0.766 e. The van der Waals surface area contributed by atoms with E-state index in [9.17, 15) is 8.76 Å². The molecule has 2 aromatic heterocycles. The van der Waals surface area contributed by atoms with Crippen LogP contribution in [0.25, 0.3) is 11.2 Å². The Morgan fingerprint density at radius 2 is 2.50 bits per heavy atom. The minimum absolute atomic E-state index is 0.0999. The topological polar surface area (TPSA) is 95.8 Å². The Labute approximate surface area is 69.4 Å². The molecule has 12 heavy (non-hydrogen) atoms. The highest BCUT2D eigenvalue weighted by molar-refractivity contribution is 7.79. The third kappa shape index (κ3) is 1.08. The molecule has 2 rings (SSSR count). The van der Waals surface area contributed by atoms with E-state index in [-0.39, 0.29) is 5.16 Å². The fourth-order valence-electron chi connectivity index (χ4n) is 0.852. The van der Waals surface area contributed by atoms with E-state index in [0.29, 0.717) is 11.2 Å². The molecule has 0 radical (unpaired) electrons. The second kappa shape index (κ2) is 2.61. The van der Waals surface area contributed by atoms with Crippen molar-refractivity contribution in [3.63, 3.8) is 0 Å². The van der Waals surface area contributed by atoms with E-state index in [1.165, 1.54) is 6.33 Å². The van der Waals surface area contributed by atoms with Gasteiger partial charge in [0.2, 0.25) is 0 Å². The van der Waals surface area contributed by atoms with E-state index in [1.807, 2.05) is 0 Å². The number of H-pyrrole nitrogens is 2. The van der Waals surface area contributed by atoms with E-state index in [0.717, 1.165) is 0 Å². The van der Waals surface area contributed by atoms with Crippen molar-refractivity contribution in [3.8, 4) is 0 Å². The number of imidazole rings is 1. The number of nitrogens with one attached hydrogen (secondary N) is 2. The lowest BCUT2D eigenvalue weighted by Crippen LogP contribution is -1.99. The molecule has 2 aromatic rings. The van der Waals surface area contributed by atoms with Gasteiger partial charge in [0.15, 0.2) is 10.7 Å². The Bertz CT molecular complexity index is 407. The van der Waals surface area contributed by atoms with Gasteiger partial charge in [0.05, 0.1) is 0 Å². The third-order valence-corrected chi connectivity index (χ3v) is 1.85. The number of hydrogen-bond donors (Lipinski definition) is 1. The molecule has 0 aliphatic heterocycles. The van der Waals surface area contributed by atoms with Crippen LogP contribution in [0, 0.1) is 0 Å². The molecule has 0 amide bonds. The summed E-state index contributed by atoms with van der Waals surface area (Å²) in [5, 5.41) is -0.0999. The third-order valence-electron chi connectivity index (χ3n) is 1.34. The molecule has 0 saturated heterocycles. The average Bonchev–Trinajstić information content (AvgIpc) is 2.46. The maximum Gasteiger partial charge on any atom is 0.295 e. The lowest BCUT2D eigenvalue weighted by Gasteiger charge is -1.95. The molecule has 62 valence electrons. The van der Waals surface area contributed by atoms with Gasteiger partial charge in [-0.1, -0.05) is 0 Å². The summed E-state index contributed by atoms with van der Waals surface area (Å²) < 4.78 is 20.9. The van der Waals surface area contributed by atoms with Crippen molar-refractivity contribution < 1.29 is 13.7 Å². The normalized spacial score (nSPS) is 13.4. The van der Waals surface area contributed by atoms with E-state index in [1.54, 1.807) is 6.20 Å². The van der Waals surface area contributed by atoms with Gasteiger partial charge in [-0.2, -0.15) is 4.98 Å². The van der Waals surface area contributed by atoms with Crippen molar-refractivity contribution in [2.45, 2.75) is 5.16 Å². The fraction of sp³-hybridized carbons (Fsp3) is 0. The summed E-state index contributed by atoms with van der Waals surface area (Å²) in [6.45, 7) is 0. The summed E-state index contributed by atoms with van der Waals surface area (Å²) >= 11 is -2.33. The Morgan fingerprint density at radius 3 is 3.17 bits per heavy atom. The van der Waals surface area contributed by atoms with Crippen LogP contribution < -0.4 is 4.98 Å². The molecule has 0 bridgehead atoms. The van der Waals surface area contributed by atoms with Crippen LogP contribution in [0.3, 0.4) is 0 Å². The van der Waals surface area contributed by atoms with E-state index in [4.69, 9.17) is 0 Å². The van der Waals surface area contributed by atoms with Crippen molar-refractivity contribution in [2.24, 2.45) is 0 Å². The first-order valence-corrected chi connectivity index (χ1v) is 4.16. The lowest BCUT2D eigenvalue weighted by molar-refractivity contribution is -0.380. The number of rotatable bonds is 1. The Kier molecular flexibility index (Phi) is 1.59. The number of hydrogen-bond acceptors (Lipinski definition) is 4. The summed E-state index contributed by atoms with van der Waals surface area (Å²) in [6.07, 6.45) is 3.02. The highest BCUT2D eigenvalue weighted by Crippen LogP contribution is 2.06. The standard InChI is InChI=1S/C5H4N4O2S/c10-12(11)5-8-3-1-6-2-7-4(3)9-5/h1-2H,(H,10,11)(H,6,7,8,9). The molecule has 0 aliphatic carbocycles. The smallest absolute Gasteiger partial charge is 0.295 e. The number of fused-ring (bicyclic) bond motifs is 1. The molecule has 1 atom stereocenters. The van der Waals surface area contributed by atoms with Gasteiger partial charge in [-0.15, -0.1) is 0 Å². The summed E-state index contributed by atoms with van der Waals surface area (Å²) in [5.74, 6) is 0. The molecule has 2 N–H and O–H groups in total. The van der Waals surface area contributed by atoms with Gasteiger partial charge in [0, 0.05) is 11.1 Å². The molecule has 0 aliphatic rings. The zero-order chi connectivity index (χ0) is 8.55. The Morgan fingerprint density at radius 1 is 1.67 bits per heavy atom. The van der Waals surface area contributed by atoms with Crippen LogP contribution in [0.1, 0.15) is 0 Å². The molecule has 0 fully saturated rings. The van der Waals surface area contributed by atoms with E-state index in [2.05, 4.69) is 19.9 Å². The quantitative estimate of drug-likeness (QED) is 0.575. The Hall–Kier alpha value is -1.34. The van der Waals surface area contributed by atoms with Crippen molar-refractivity contribution in [3.05, 3.63) is 12.5 Å². The zero-order valence-corrected chi connectivity index (χ0v) is 6.59. The fourth-order valence-corrected chi connectivity index (χ4v) is 1.21. The molecule has 7 heteroatoms. The maximum atomic E-state index is 10.4. The first kappa shape index (κ1) is 7.32. The molecule has 0 spiro atoms. The average molecular weight is 184 g/mol. The Balaban J connectivity index is 2.70. The SMILES string of the molecule is O=S([O-])c1nc2nc[nH+]cc2[nH]1. The summed E-state index contributed by atoms with van der Waals surface area (Å²) in [6, 6.07) is 0. The van der Waals surface area contributed by atoms with Crippen LogP contribution in [0.2, 0.25) is 0 Å². The molecule has 6 nitrogen and oxygen atoms in total. The van der Waals surface area contributed by atoms with Crippen molar-refractivity contribution >= 4 is 22.2 Å². The minimum atomic E-state index is -2.33. The van der Waals surface area contributed by atoms with Crippen molar-refractivity contribution in [1.29, 1.82) is 0 Å². The van der Waals surface area contributed by atoms with Crippen LogP contribution in [-0.2, 0) is 11.1 Å². The molecule has 0 aromatic carbocycles. The highest BCUT2D eigenvalue weighted by atomic mass is 32.2. The lowest BCUT2D eigenvalue weighted by atomic mass is 10.6. The summed E-state index contributed by atoms with van der Waals surface area (Å²) in [4.78, 5) is 12.8. The number of aromatic nitrogens is 4. The van der Waals surface area contributed by atoms with E-state index >= 15 is 0 Å². The predicted molar refractivity (Wildman–Crippen MR) is 37.6 cm³/mol. The molecule has 2 heterocycles. The number of nitrogens with zero attached hydrogens (tertiary/aromatic N) is 2.